The molecule has 6 aliphatic heterocycles. The zero-order valence-electron chi connectivity index (χ0n) is 67.7. The van der Waals surface area contributed by atoms with Gasteiger partial charge in [-0.3, -0.25) is 0 Å². The lowest BCUT2D eigenvalue weighted by molar-refractivity contribution is -0.00531. The lowest BCUT2D eigenvalue weighted by Gasteiger charge is -2.57. The molecule has 0 amide bonds. The normalized spacial score (nSPS) is 27.7. The van der Waals surface area contributed by atoms with E-state index in [-0.39, 0.29) is 36.4 Å². The molecule has 30 rings (SSSR count). The number of aryl methyl sites for hydroxylation is 5. The lowest BCUT2D eigenvalue weighted by Crippen LogP contribution is -2.66. The summed E-state index contributed by atoms with van der Waals surface area (Å²) in [6.07, 6.45) is 24.2. The Morgan fingerprint density at radius 3 is 0.974 bits per heavy atom. The van der Waals surface area contributed by atoms with Crippen LogP contribution in [0.4, 0.5) is 85.3 Å². The van der Waals surface area contributed by atoms with E-state index < -0.39 is 0 Å². The molecular weight excluding hydrogens is 1400 g/mol. The van der Waals surface area contributed by atoms with E-state index in [9.17, 15) is 0 Å². The van der Waals surface area contributed by atoms with E-state index in [4.69, 9.17) is 4.74 Å². The zero-order chi connectivity index (χ0) is 76.2. The quantitative estimate of drug-likeness (QED) is 0.141. The van der Waals surface area contributed by atoms with Gasteiger partial charge in [0.15, 0.2) is 0 Å². The van der Waals surface area contributed by atoms with Crippen molar-refractivity contribution < 1.29 is 4.74 Å². The molecule has 566 valence electrons. The van der Waals surface area contributed by atoms with Gasteiger partial charge in [0.2, 0.25) is 0 Å². The number of ether oxygens (including phenoxy) is 1. The summed E-state index contributed by atoms with van der Waals surface area (Å²) < 4.78 is 8.35. The van der Waals surface area contributed by atoms with E-state index in [1.807, 2.05) is 0 Å². The molecule has 6 heterocycles. The Kier molecular flexibility index (Phi) is 13.7. The summed E-state index contributed by atoms with van der Waals surface area (Å²) in [6, 6.07) is 93.1. The third-order valence-electron chi connectivity index (χ3n) is 33.6. The van der Waals surface area contributed by atoms with Crippen molar-refractivity contribution in [3.63, 3.8) is 0 Å². The Hall–Kier alpha value is -10.4. The van der Waals surface area contributed by atoms with E-state index in [0.717, 1.165) is 64.8 Å². The van der Waals surface area contributed by atoms with Crippen molar-refractivity contribution in [3.8, 4) is 11.5 Å². The Bertz CT molecular complexity index is 6150. The van der Waals surface area contributed by atoms with Gasteiger partial charge in [0.1, 0.15) is 11.5 Å². The monoisotopic (exact) mass is 1500 g/mol. The molecule has 0 unspecified atom stereocenters. The minimum atomic E-state index is -0.208. The van der Waals surface area contributed by atoms with E-state index in [2.05, 4.69) is 290 Å². The van der Waals surface area contributed by atoms with Crippen molar-refractivity contribution in [2.45, 2.75) is 166 Å². The van der Waals surface area contributed by atoms with Crippen LogP contribution in [0.5, 0.6) is 11.5 Å². The van der Waals surface area contributed by atoms with Crippen LogP contribution >= 0.6 is 0 Å². The maximum atomic E-state index is 8.35. The predicted molar refractivity (Wildman–Crippen MR) is 484 cm³/mol. The number of para-hydroxylation sites is 7. The van der Waals surface area contributed by atoms with Gasteiger partial charge in [0, 0.05) is 80.0 Å². The molecule has 0 saturated heterocycles. The molecule has 18 aliphatic rings. The Morgan fingerprint density at radius 2 is 0.560 bits per heavy atom. The lowest BCUT2D eigenvalue weighted by atomic mass is 9.29. The molecule has 0 N–H and O–H groups in total. The van der Waals surface area contributed by atoms with Gasteiger partial charge >= 0.3 is 0 Å². The standard InChI is InChI=1S/C107H98B3N5O/c1-62-20-12-15-31-87(62)113-90-51-91-84(108-81-29-13-16-32-88(81)111(79-25-8-6-9-26-79)93-43-76(105-53-67-34-68(54-105)36-69(35-67)55-105)45-95(100(93)108)114(91)103-63(2)21-18-22-64(103)3)49-83(90)110-86-50-85-92(52-98(86)116-99-48-78(47-97(113)102(99)110)107-59-73-40-74(60-107)42-75(41-73)61-107)115(104-65(4)23-19-24-66(104)5)96-46-77(106-56-70-37-71(57-106)39-72(38-70)58-106)44-94-101(96)109(85)82-30-14-17-33-89(82)112(94)80-27-10-7-11-28-80/h6-33,43-52,67-75H,34-42,53-61H2,1-5H3. The highest BCUT2D eigenvalue weighted by Crippen LogP contribution is 2.66. The first-order valence-corrected chi connectivity index (χ1v) is 44.9. The van der Waals surface area contributed by atoms with Gasteiger partial charge in [-0.25, -0.2) is 0 Å². The molecule has 12 fully saturated rings. The van der Waals surface area contributed by atoms with Crippen molar-refractivity contribution in [1.29, 1.82) is 0 Å². The summed E-state index contributed by atoms with van der Waals surface area (Å²) >= 11 is 0. The van der Waals surface area contributed by atoms with E-state index >= 15 is 0 Å². The molecule has 0 atom stereocenters. The summed E-state index contributed by atoms with van der Waals surface area (Å²) in [5.41, 5.74) is 42.8. The SMILES string of the molecule is Cc1ccccc1N1c2cc3c(cc2B2c4cc5c(cc4Oc4cc(C67CC8CC(CC(C8)C6)C7)cc1c42)N(c1c(C)cccc1C)c1cc(C24CC6CC(CC(C6)C2)C4)cc2c1B5c1ccccc1N2c1ccccc1)B1c2ccccc2N(c2ccccc2)c2cc(C45CC6CC(CC(C6)C4)C5)cc(c21)N3c1c(C)cccc1C. The van der Waals surface area contributed by atoms with Crippen LogP contribution in [0.25, 0.3) is 0 Å². The van der Waals surface area contributed by atoms with Crippen LogP contribution in [0.15, 0.2) is 231 Å². The summed E-state index contributed by atoms with van der Waals surface area (Å²) in [5.74, 6) is 9.14. The van der Waals surface area contributed by atoms with Crippen molar-refractivity contribution in [3.05, 3.63) is 275 Å². The fourth-order valence-corrected chi connectivity index (χ4v) is 30.5. The summed E-state index contributed by atoms with van der Waals surface area (Å²) in [6.45, 7) is 11.5. The Balaban J connectivity index is 0.757. The molecule has 0 radical (unpaired) electrons. The van der Waals surface area contributed by atoms with E-state index in [1.54, 1.807) is 11.1 Å². The van der Waals surface area contributed by atoms with Crippen molar-refractivity contribution in [1.82, 2.24) is 0 Å². The fraction of sp³-hybridized carbons (Fsp3) is 0.327. The van der Waals surface area contributed by atoms with Crippen LogP contribution < -0.4 is 78.4 Å². The van der Waals surface area contributed by atoms with E-state index in [0.29, 0.717) is 0 Å². The van der Waals surface area contributed by atoms with Crippen molar-refractivity contribution in [2.24, 2.45) is 53.3 Å². The molecule has 6 nitrogen and oxygen atoms in total. The second-order valence-corrected chi connectivity index (χ2v) is 40.4. The van der Waals surface area contributed by atoms with Crippen LogP contribution in [0, 0.1) is 87.9 Å². The molecule has 12 bridgehead atoms. The van der Waals surface area contributed by atoms with Crippen molar-refractivity contribution >= 4 is 155 Å². The van der Waals surface area contributed by atoms with E-state index in [1.165, 1.54) is 283 Å². The maximum Gasteiger partial charge on any atom is 0.256 e. The molecule has 0 spiro atoms. The highest BCUT2D eigenvalue weighted by molar-refractivity contribution is 7.04. The number of hydrogen-bond donors (Lipinski definition) is 0. The van der Waals surface area contributed by atoms with Gasteiger partial charge in [-0.05, 0) is 398 Å². The number of rotatable bonds is 8. The number of anilines is 15. The minimum absolute atomic E-state index is 0.0801. The molecule has 12 aromatic carbocycles. The number of fused-ring (bicyclic) bond motifs is 12. The number of nitrogens with zero attached hydrogens (tertiary/aromatic N) is 5. The molecule has 12 saturated carbocycles. The zero-order valence-corrected chi connectivity index (χ0v) is 67.7. The molecule has 12 aliphatic carbocycles. The van der Waals surface area contributed by atoms with Crippen LogP contribution in [-0.4, -0.2) is 20.1 Å². The Labute approximate surface area is 685 Å². The average Bonchev–Trinajstić information content (AvgIpc) is 0.676. The van der Waals surface area contributed by atoms with Crippen LogP contribution in [0.3, 0.4) is 0 Å². The third-order valence-corrected chi connectivity index (χ3v) is 33.6. The van der Waals surface area contributed by atoms with Crippen LogP contribution in [-0.2, 0) is 16.2 Å². The molecule has 12 aromatic rings. The molecule has 0 aromatic heterocycles. The summed E-state index contributed by atoms with van der Waals surface area (Å²) in [5, 5.41) is 0. The molecule has 9 heteroatoms. The topological polar surface area (TPSA) is 25.4 Å². The second-order valence-electron chi connectivity index (χ2n) is 40.4. The predicted octanol–water partition coefficient (Wildman–Crippen LogP) is 21.2. The first kappa shape index (κ1) is 66.7. The van der Waals surface area contributed by atoms with Gasteiger partial charge in [0.05, 0.1) is 11.4 Å². The van der Waals surface area contributed by atoms with Crippen molar-refractivity contribution in [2.75, 3.05) is 24.5 Å². The highest BCUT2D eigenvalue weighted by Gasteiger charge is 2.59. The smallest absolute Gasteiger partial charge is 0.256 e. The summed E-state index contributed by atoms with van der Waals surface area (Å²) in [7, 11) is 0. The number of hydrogen-bond acceptors (Lipinski definition) is 6. The fourth-order valence-electron chi connectivity index (χ4n) is 30.5. The maximum absolute atomic E-state index is 8.35. The van der Waals surface area contributed by atoms with Crippen LogP contribution in [0.2, 0.25) is 0 Å². The molecular formula is C107H98B3N5O. The first-order chi connectivity index (χ1) is 56.8. The second kappa shape index (κ2) is 23.7. The van der Waals surface area contributed by atoms with Gasteiger partial charge in [0.25, 0.3) is 20.1 Å². The van der Waals surface area contributed by atoms with Gasteiger partial charge in [-0.2, -0.15) is 0 Å². The van der Waals surface area contributed by atoms with Gasteiger partial charge < -0.3 is 29.2 Å². The molecule has 116 heavy (non-hydrogen) atoms. The Morgan fingerprint density at radius 1 is 0.241 bits per heavy atom. The van der Waals surface area contributed by atoms with Gasteiger partial charge in [-0.15, -0.1) is 0 Å². The van der Waals surface area contributed by atoms with Crippen LogP contribution in [0.1, 0.15) is 160 Å². The number of benzene rings is 12. The average molecular weight is 1500 g/mol. The van der Waals surface area contributed by atoms with Gasteiger partial charge in [-0.1, -0.05) is 140 Å². The summed E-state index contributed by atoms with van der Waals surface area (Å²) in [4.78, 5) is 13.8. The highest BCUT2D eigenvalue weighted by atomic mass is 16.5. The first-order valence-electron chi connectivity index (χ1n) is 44.9. The minimum Gasteiger partial charge on any atom is -0.458 e. The third kappa shape index (κ3) is 9.14. The largest absolute Gasteiger partial charge is 0.458 e.